The van der Waals surface area contributed by atoms with E-state index < -0.39 is 6.03 Å². The number of carbonyl (C=O) groups is 2. The lowest BCUT2D eigenvalue weighted by Gasteiger charge is -2.29. The Morgan fingerprint density at radius 2 is 1.65 bits per heavy atom. The first-order chi connectivity index (χ1) is 16.5. The average Bonchev–Trinajstić information content (AvgIpc) is 3.10. The van der Waals surface area contributed by atoms with E-state index in [-0.39, 0.29) is 5.91 Å². The second-order valence-corrected chi connectivity index (χ2v) is 9.40. The van der Waals surface area contributed by atoms with Gasteiger partial charge in [-0.2, -0.15) is 0 Å². The molecule has 1 unspecified atom stereocenters. The molecule has 1 atom stereocenters. The van der Waals surface area contributed by atoms with Crippen molar-refractivity contribution in [2.45, 2.75) is 26.2 Å². The van der Waals surface area contributed by atoms with Gasteiger partial charge in [0.1, 0.15) is 0 Å². The van der Waals surface area contributed by atoms with Crippen LogP contribution in [0.1, 0.15) is 46.9 Å². The first-order valence-corrected chi connectivity index (χ1v) is 12.0. The molecule has 5 rings (SSSR count). The van der Waals surface area contributed by atoms with Crippen molar-refractivity contribution in [2.75, 3.05) is 26.2 Å². The van der Waals surface area contributed by atoms with Crippen molar-refractivity contribution in [1.29, 1.82) is 0 Å². The molecule has 1 aromatic heterocycles. The highest BCUT2D eigenvalue weighted by Crippen LogP contribution is 2.39. The minimum absolute atomic E-state index is 0.0225. The fourth-order valence-corrected chi connectivity index (χ4v) is 5.23. The minimum atomic E-state index is -0.425. The summed E-state index contributed by atoms with van der Waals surface area (Å²) >= 11 is 0. The van der Waals surface area contributed by atoms with Gasteiger partial charge in [0.15, 0.2) is 0 Å². The number of carbonyl (C=O) groups excluding carboxylic acids is 2. The van der Waals surface area contributed by atoms with Gasteiger partial charge in [0, 0.05) is 31.6 Å². The van der Waals surface area contributed by atoms with Crippen LogP contribution < -0.4 is 5.73 Å². The molecule has 6 nitrogen and oxygen atoms in total. The summed E-state index contributed by atoms with van der Waals surface area (Å²) in [6.45, 7) is 4.37. The Hall–Kier alpha value is -3.67. The molecule has 2 heterocycles. The summed E-state index contributed by atoms with van der Waals surface area (Å²) in [7, 11) is 0. The van der Waals surface area contributed by atoms with Gasteiger partial charge in [0.2, 0.25) is 0 Å². The fourth-order valence-electron chi connectivity index (χ4n) is 5.23. The number of nitrogens with two attached hydrogens (primary N) is 1. The smallest absolute Gasteiger partial charge is 0.314 e. The van der Waals surface area contributed by atoms with Gasteiger partial charge in [-0.05, 0) is 54.0 Å². The molecule has 0 spiro atoms. The Bertz CT molecular complexity index is 1270. The van der Waals surface area contributed by atoms with Gasteiger partial charge in [0.05, 0.1) is 16.8 Å². The van der Waals surface area contributed by atoms with E-state index in [0.717, 1.165) is 52.5 Å². The number of para-hydroxylation sites is 1. The van der Waals surface area contributed by atoms with Crippen LogP contribution in [0.2, 0.25) is 0 Å². The first kappa shape index (κ1) is 22.1. The largest absolute Gasteiger partial charge is 0.351 e. The molecule has 1 saturated heterocycles. The molecule has 0 radical (unpaired) electrons. The molecule has 174 valence electrons. The average molecular weight is 455 g/mol. The Morgan fingerprint density at radius 3 is 2.44 bits per heavy atom. The Morgan fingerprint density at radius 1 is 0.941 bits per heavy atom. The van der Waals surface area contributed by atoms with Crippen molar-refractivity contribution < 1.29 is 9.59 Å². The van der Waals surface area contributed by atoms with E-state index in [1.54, 1.807) is 4.90 Å². The molecule has 1 aliphatic carbocycles. The van der Waals surface area contributed by atoms with Crippen molar-refractivity contribution in [3.8, 4) is 0 Å². The number of hydrogen-bond acceptors (Lipinski definition) is 3. The number of amides is 3. The van der Waals surface area contributed by atoms with E-state index in [0.29, 0.717) is 32.1 Å². The third-order valence-electron chi connectivity index (χ3n) is 6.87. The molecular weight excluding hydrogens is 424 g/mol. The predicted molar refractivity (Wildman–Crippen MR) is 135 cm³/mol. The summed E-state index contributed by atoms with van der Waals surface area (Å²) in [5, 5.41) is 0.899. The number of allylic oxidation sites excluding steroid dienone is 1. The van der Waals surface area contributed by atoms with E-state index in [9.17, 15) is 9.59 Å². The van der Waals surface area contributed by atoms with Crippen LogP contribution in [0.15, 0.2) is 54.6 Å². The SMILES string of the molecule is CC1C/C(=C/c2ccccc2)c2nc3ccccc3c(C(=O)N3CCCN(C(N)=O)CC3)c2C1. The molecule has 3 aromatic rings. The predicted octanol–water partition coefficient (Wildman–Crippen LogP) is 4.58. The zero-order chi connectivity index (χ0) is 23.7. The summed E-state index contributed by atoms with van der Waals surface area (Å²) in [5.41, 5.74) is 11.4. The fraction of sp³-hybridized carbons (Fsp3) is 0.321. The lowest BCUT2D eigenvalue weighted by molar-refractivity contribution is 0.0763. The van der Waals surface area contributed by atoms with Gasteiger partial charge < -0.3 is 15.5 Å². The second kappa shape index (κ2) is 9.29. The zero-order valence-electron chi connectivity index (χ0n) is 19.5. The first-order valence-electron chi connectivity index (χ1n) is 12.0. The number of hydrogen-bond donors (Lipinski definition) is 1. The number of urea groups is 1. The molecule has 2 N–H and O–H groups in total. The van der Waals surface area contributed by atoms with Crippen LogP contribution in [0.5, 0.6) is 0 Å². The van der Waals surface area contributed by atoms with Crippen LogP contribution in [0.4, 0.5) is 4.79 Å². The number of fused-ring (bicyclic) bond motifs is 2. The van der Waals surface area contributed by atoms with Crippen LogP contribution in [-0.4, -0.2) is 52.9 Å². The third kappa shape index (κ3) is 4.28. The molecule has 2 aliphatic rings. The number of rotatable bonds is 2. The normalized spacial score (nSPS) is 19.7. The summed E-state index contributed by atoms with van der Waals surface area (Å²) in [5.74, 6) is 0.431. The Labute approximate surface area is 200 Å². The zero-order valence-corrected chi connectivity index (χ0v) is 19.5. The van der Waals surface area contributed by atoms with Crippen LogP contribution >= 0.6 is 0 Å². The van der Waals surface area contributed by atoms with Gasteiger partial charge in [0.25, 0.3) is 5.91 Å². The van der Waals surface area contributed by atoms with Gasteiger partial charge in [-0.25, -0.2) is 9.78 Å². The summed E-state index contributed by atoms with van der Waals surface area (Å²) in [4.78, 5) is 34.3. The summed E-state index contributed by atoms with van der Waals surface area (Å²) in [6.07, 6.45) is 4.68. The van der Waals surface area contributed by atoms with Crippen LogP contribution in [0.3, 0.4) is 0 Å². The van der Waals surface area contributed by atoms with E-state index in [1.165, 1.54) is 5.57 Å². The molecule has 3 amide bonds. The van der Waals surface area contributed by atoms with Crippen molar-refractivity contribution in [3.63, 3.8) is 0 Å². The number of pyridine rings is 1. The standard InChI is InChI=1S/C28H30N4O2/c1-19-16-21(18-20-8-3-2-4-9-20)26-23(17-19)25(22-10-5-6-11-24(22)30-26)27(33)31-12-7-13-32(15-14-31)28(29)34/h2-6,8-11,18-19H,7,12-17H2,1H3,(H2,29,34)/b21-18-. The van der Waals surface area contributed by atoms with Crippen LogP contribution in [0, 0.1) is 5.92 Å². The topological polar surface area (TPSA) is 79.5 Å². The summed E-state index contributed by atoms with van der Waals surface area (Å²) < 4.78 is 0. The van der Waals surface area contributed by atoms with Crippen LogP contribution in [-0.2, 0) is 6.42 Å². The third-order valence-corrected chi connectivity index (χ3v) is 6.87. The molecular formula is C28H30N4O2. The highest BCUT2D eigenvalue weighted by atomic mass is 16.2. The van der Waals surface area contributed by atoms with Crippen molar-refractivity contribution in [3.05, 3.63) is 77.0 Å². The second-order valence-electron chi connectivity index (χ2n) is 9.40. The van der Waals surface area contributed by atoms with E-state index in [2.05, 4.69) is 25.1 Å². The maximum atomic E-state index is 14.0. The van der Waals surface area contributed by atoms with Crippen LogP contribution in [0.25, 0.3) is 22.6 Å². The lowest BCUT2D eigenvalue weighted by Crippen LogP contribution is -2.40. The van der Waals surface area contributed by atoms with Crippen molar-refractivity contribution in [1.82, 2.24) is 14.8 Å². The molecule has 1 aliphatic heterocycles. The number of aromatic nitrogens is 1. The van der Waals surface area contributed by atoms with Gasteiger partial charge in [-0.15, -0.1) is 0 Å². The summed E-state index contributed by atoms with van der Waals surface area (Å²) in [6, 6.07) is 17.8. The van der Waals surface area contributed by atoms with Crippen molar-refractivity contribution >= 4 is 34.5 Å². The van der Waals surface area contributed by atoms with E-state index >= 15 is 0 Å². The molecule has 1 fully saturated rings. The minimum Gasteiger partial charge on any atom is -0.351 e. The maximum absolute atomic E-state index is 14.0. The number of benzene rings is 2. The molecule has 34 heavy (non-hydrogen) atoms. The highest BCUT2D eigenvalue weighted by Gasteiger charge is 2.31. The maximum Gasteiger partial charge on any atom is 0.314 e. The lowest BCUT2D eigenvalue weighted by atomic mass is 9.80. The molecule has 0 saturated carbocycles. The monoisotopic (exact) mass is 454 g/mol. The highest BCUT2D eigenvalue weighted by molar-refractivity contribution is 6.09. The molecule has 0 bridgehead atoms. The number of primary amides is 1. The van der Waals surface area contributed by atoms with E-state index in [1.807, 2.05) is 47.4 Å². The van der Waals surface area contributed by atoms with E-state index in [4.69, 9.17) is 10.7 Å². The van der Waals surface area contributed by atoms with Gasteiger partial charge in [-0.3, -0.25) is 4.79 Å². The van der Waals surface area contributed by atoms with Crippen molar-refractivity contribution in [2.24, 2.45) is 11.7 Å². The van der Waals surface area contributed by atoms with Gasteiger partial charge >= 0.3 is 6.03 Å². The quantitative estimate of drug-likeness (QED) is 0.615. The Kier molecular flexibility index (Phi) is 6.05. The number of nitrogens with zero attached hydrogens (tertiary/aromatic N) is 3. The molecule has 6 heteroatoms. The molecule has 2 aromatic carbocycles. The Balaban J connectivity index is 1.62. The van der Waals surface area contributed by atoms with Gasteiger partial charge in [-0.1, -0.05) is 55.5 Å².